The molecule has 170 valence electrons. The van der Waals surface area contributed by atoms with Crippen LogP contribution in [0.25, 0.3) is 0 Å². The van der Waals surface area contributed by atoms with Crippen molar-refractivity contribution in [1.82, 2.24) is 15.2 Å². The molecule has 1 saturated heterocycles. The summed E-state index contributed by atoms with van der Waals surface area (Å²) in [5, 5.41) is 28.6. The Bertz CT molecular complexity index is 937. The predicted octanol–water partition coefficient (Wildman–Crippen LogP) is 2.20. The first-order valence-electron chi connectivity index (χ1n) is 10.1. The quantitative estimate of drug-likeness (QED) is 0.500. The molecule has 0 radical (unpaired) electrons. The van der Waals surface area contributed by atoms with Crippen molar-refractivity contribution in [3.8, 4) is 5.75 Å². The number of amides is 1. The number of likely N-dealkylation sites (tertiary alicyclic amines) is 1. The number of hydrogen-bond acceptors (Lipinski definition) is 6. The average molecular weight is 441 g/mol. The van der Waals surface area contributed by atoms with Gasteiger partial charge >= 0.3 is 11.9 Å². The number of carboxylic acid groups (broad SMARTS) is 2. The van der Waals surface area contributed by atoms with Gasteiger partial charge in [0.15, 0.2) is 5.69 Å². The summed E-state index contributed by atoms with van der Waals surface area (Å²) < 4.78 is 0. The van der Waals surface area contributed by atoms with E-state index in [-0.39, 0.29) is 23.4 Å². The molecule has 1 aliphatic rings. The largest absolute Gasteiger partial charge is 0.505 e. The van der Waals surface area contributed by atoms with E-state index in [0.717, 1.165) is 32.5 Å². The molecule has 4 N–H and O–H groups in total. The van der Waals surface area contributed by atoms with Crippen LogP contribution in [0, 0.1) is 6.92 Å². The molecule has 1 aliphatic heterocycles. The Hall–Kier alpha value is -3.72. The molecule has 0 spiro atoms. The number of carbonyl (C=O) groups excluding carboxylic acids is 1. The zero-order valence-corrected chi connectivity index (χ0v) is 17.8. The lowest BCUT2D eigenvalue weighted by Gasteiger charge is -2.32. The van der Waals surface area contributed by atoms with Crippen LogP contribution in [0.15, 0.2) is 54.7 Å². The van der Waals surface area contributed by atoms with Gasteiger partial charge in [0.25, 0.3) is 5.91 Å². The Morgan fingerprint density at radius 1 is 1.06 bits per heavy atom. The van der Waals surface area contributed by atoms with Gasteiger partial charge in [-0.25, -0.2) is 14.6 Å². The molecule has 3 rings (SSSR count). The fourth-order valence-corrected chi connectivity index (χ4v) is 3.19. The van der Waals surface area contributed by atoms with Crippen molar-refractivity contribution in [2.45, 2.75) is 32.4 Å². The minimum atomic E-state index is -1.26. The van der Waals surface area contributed by atoms with E-state index in [9.17, 15) is 19.5 Å². The Kier molecular flexibility index (Phi) is 9.37. The monoisotopic (exact) mass is 441 g/mol. The molecule has 1 aromatic heterocycles. The first kappa shape index (κ1) is 24.5. The molecular weight excluding hydrogens is 414 g/mol. The van der Waals surface area contributed by atoms with Gasteiger partial charge in [-0.05, 0) is 37.0 Å². The van der Waals surface area contributed by atoms with E-state index in [1.165, 1.54) is 5.56 Å². The van der Waals surface area contributed by atoms with Crippen molar-refractivity contribution < 1.29 is 29.7 Å². The number of aryl methyl sites for hydroxylation is 1. The molecule has 0 bridgehead atoms. The van der Waals surface area contributed by atoms with Crippen LogP contribution in [0.4, 0.5) is 0 Å². The first-order valence-corrected chi connectivity index (χ1v) is 10.1. The van der Waals surface area contributed by atoms with Crippen LogP contribution in [0.2, 0.25) is 0 Å². The van der Waals surface area contributed by atoms with Crippen LogP contribution in [0.5, 0.6) is 5.75 Å². The Morgan fingerprint density at radius 2 is 1.66 bits per heavy atom. The van der Waals surface area contributed by atoms with Crippen LogP contribution in [0.1, 0.15) is 34.5 Å². The highest BCUT2D eigenvalue weighted by molar-refractivity contribution is 5.95. The zero-order valence-electron chi connectivity index (χ0n) is 17.8. The third kappa shape index (κ3) is 8.19. The summed E-state index contributed by atoms with van der Waals surface area (Å²) in [5.74, 6) is -2.84. The number of carbonyl (C=O) groups is 3. The van der Waals surface area contributed by atoms with Crippen molar-refractivity contribution in [2.24, 2.45) is 0 Å². The number of carboxylic acids is 2. The second-order valence-electron chi connectivity index (χ2n) is 7.34. The number of benzene rings is 1. The topological polar surface area (TPSA) is 140 Å². The van der Waals surface area contributed by atoms with Crippen LogP contribution >= 0.6 is 0 Å². The van der Waals surface area contributed by atoms with Crippen molar-refractivity contribution >= 4 is 17.8 Å². The minimum absolute atomic E-state index is 0.0310. The molecule has 0 aliphatic carbocycles. The van der Waals surface area contributed by atoms with Crippen molar-refractivity contribution in [2.75, 3.05) is 13.1 Å². The zero-order chi connectivity index (χ0) is 23.5. The Morgan fingerprint density at radius 3 is 2.22 bits per heavy atom. The van der Waals surface area contributed by atoms with Crippen molar-refractivity contribution in [3.05, 3.63) is 71.6 Å². The summed E-state index contributed by atoms with van der Waals surface area (Å²) in [4.78, 5) is 37.8. The number of piperidine rings is 1. The minimum Gasteiger partial charge on any atom is -0.505 e. The first-order chi connectivity index (χ1) is 15.3. The third-order valence-corrected chi connectivity index (χ3v) is 4.88. The summed E-state index contributed by atoms with van der Waals surface area (Å²) in [6.07, 6.45) is 4.48. The summed E-state index contributed by atoms with van der Waals surface area (Å²) in [7, 11) is 0. The third-order valence-electron chi connectivity index (χ3n) is 4.88. The number of aliphatic carboxylic acids is 2. The molecule has 1 aromatic carbocycles. The predicted molar refractivity (Wildman–Crippen MR) is 117 cm³/mol. The van der Waals surface area contributed by atoms with E-state index in [4.69, 9.17) is 10.2 Å². The van der Waals surface area contributed by atoms with Crippen LogP contribution in [0.3, 0.4) is 0 Å². The van der Waals surface area contributed by atoms with Gasteiger partial charge in [0.1, 0.15) is 5.75 Å². The number of pyridine rings is 1. The SMILES string of the molecule is Cc1ccnc(C(=O)NC2CCN(Cc3ccccc3)CC2)c1O.O=C(O)/C=C\C(=O)O. The molecule has 1 amide bonds. The van der Waals surface area contributed by atoms with Crippen LogP contribution in [-0.2, 0) is 16.1 Å². The lowest BCUT2D eigenvalue weighted by molar-refractivity contribution is -0.134. The van der Waals surface area contributed by atoms with E-state index in [1.807, 2.05) is 6.07 Å². The molecular formula is C23H27N3O6. The molecule has 0 unspecified atom stereocenters. The molecule has 2 aromatic rings. The normalized spacial score (nSPS) is 14.4. The average Bonchev–Trinajstić information content (AvgIpc) is 2.77. The summed E-state index contributed by atoms with van der Waals surface area (Å²) >= 11 is 0. The standard InChI is InChI=1S/C19H23N3O2.C4H4O4/c1-14-7-10-20-17(18(14)23)19(24)21-16-8-11-22(12-9-16)13-15-5-3-2-4-6-15;5-3(6)1-2-4(7)8/h2-7,10,16,23H,8-9,11-13H2,1H3,(H,21,24);1-2H,(H,5,6)(H,7,8)/b;2-1-. The maximum absolute atomic E-state index is 12.3. The van der Waals surface area contributed by atoms with Crippen molar-refractivity contribution in [3.63, 3.8) is 0 Å². The van der Waals surface area contributed by atoms with E-state index >= 15 is 0 Å². The molecule has 0 saturated carbocycles. The van der Waals surface area contributed by atoms with Gasteiger partial charge in [0, 0.05) is 44.0 Å². The molecule has 0 atom stereocenters. The number of hydrogen-bond donors (Lipinski definition) is 4. The number of nitrogens with zero attached hydrogens (tertiary/aromatic N) is 2. The molecule has 2 heterocycles. The van der Waals surface area contributed by atoms with E-state index in [2.05, 4.69) is 39.5 Å². The highest BCUT2D eigenvalue weighted by atomic mass is 16.4. The molecule has 32 heavy (non-hydrogen) atoms. The van der Waals surface area contributed by atoms with E-state index in [1.54, 1.807) is 19.2 Å². The van der Waals surface area contributed by atoms with Crippen LogP contribution < -0.4 is 5.32 Å². The van der Waals surface area contributed by atoms with E-state index < -0.39 is 11.9 Å². The summed E-state index contributed by atoms with van der Waals surface area (Å²) in [5.41, 5.74) is 2.09. The highest BCUT2D eigenvalue weighted by Gasteiger charge is 2.23. The highest BCUT2D eigenvalue weighted by Crippen LogP contribution is 2.20. The smallest absolute Gasteiger partial charge is 0.328 e. The van der Waals surface area contributed by atoms with Gasteiger partial charge in [-0.1, -0.05) is 30.3 Å². The Balaban J connectivity index is 0.000000390. The van der Waals surface area contributed by atoms with Gasteiger partial charge in [-0.3, -0.25) is 9.69 Å². The molecule has 9 nitrogen and oxygen atoms in total. The van der Waals surface area contributed by atoms with Gasteiger partial charge in [-0.2, -0.15) is 0 Å². The lowest BCUT2D eigenvalue weighted by atomic mass is 10.0. The fourth-order valence-electron chi connectivity index (χ4n) is 3.19. The maximum atomic E-state index is 12.3. The maximum Gasteiger partial charge on any atom is 0.328 e. The Labute approximate surface area is 186 Å². The number of aromatic nitrogens is 1. The van der Waals surface area contributed by atoms with Crippen molar-refractivity contribution in [1.29, 1.82) is 0 Å². The van der Waals surface area contributed by atoms with Gasteiger partial charge in [0.2, 0.25) is 0 Å². The van der Waals surface area contributed by atoms with Crippen LogP contribution in [-0.4, -0.2) is 62.2 Å². The number of aromatic hydroxyl groups is 1. The second kappa shape index (κ2) is 12.2. The number of nitrogens with one attached hydrogen (secondary N) is 1. The summed E-state index contributed by atoms with van der Waals surface area (Å²) in [6.45, 7) is 4.61. The number of rotatable bonds is 6. The van der Waals surface area contributed by atoms with Gasteiger partial charge < -0.3 is 20.6 Å². The summed E-state index contributed by atoms with van der Waals surface area (Å²) in [6, 6.07) is 12.2. The van der Waals surface area contributed by atoms with E-state index in [0.29, 0.717) is 17.7 Å². The van der Waals surface area contributed by atoms with Gasteiger partial charge in [0.05, 0.1) is 0 Å². The fraction of sp³-hybridized carbons (Fsp3) is 0.304. The lowest BCUT2D eigenvalue weighted by Crippen LogP contribution is -2.44. The molecule has 1 fully saturated rings. The second-order valence-corrected chi connectivity index (χ2v) is 7.34. The molecule has 9 heteroatoms. The van der Waals surface area contributed by atoms with Gasteiger partial charge in [-0.15, -0.1) is 0 Å².